The summed E-state index contributed by atoms with van der Waals surface area (Å²) in [6.07, 6.45) is 2.91. The Kier molecular flexibility index (Phi) is 4.76. The maximum Gasteiger partial charge on any atom is 0.293 e. The number of nitrogens with two attached hydrogens (primary N) is 1. The summed E-state index contributed by atoms with van der Waals surface area (Å²) in [6.45, 7) is 0. The molecule has 1 heterocycles. The smallest absolute Gasteiger partial charge is 0.293 e. The van der Waals surface area contributed by atoms with E-state index in [1.54, 1.807) is 0 Å². The molecule has 0 aliphatic heterocycles. The van der Waals surface area contributed by atoms with Crippen LogP contribution < -0.4 is 16.5 Å². The minimum Gasteiger partial charge on any atom is -0.503 e. The summed E-state index contributed by atoms with van der Waals surface area (Å²) in [7, 11) is 0. The van der Waals surface area contributed by atoms with Crippen molar-refractivity contribution >= 4 is 51.2 Å². The average molecular weight is 435 g/mol. The molecule has 1 saturated carbocycles. The van der Waals surface area contributed by atoms with Crippen molar-refractivity contribution in [3.63, 3.8) is 0 Å². The van der Waals surface area contributed by atoms with Crippen molar-refractivity contribution in [1.82, 2.24) is 4.98 Å². The highest BCUT2D eigenvalue weighted by atomic mass is 35.5. The van der Waals surface area contributed by atoms with Crippen LogP contribution in [0, 0.1) is 10.1 Å². The molecular weight excluding hydrogens is 419 g/mol. The maximum absolute atomic E-state index is 12.7. The first-order valence-electron chi connectivity index (χ1n) is 8.85. The van der Waals surface area contributed by atoms with Crippen LogP contribution >= 0.6 is 23.2 Å². The quantitative estimate of drug-likeness (QED) is 0.268. The number of rotatable bonds is 4. The van der Waals surface area contributed by atoms with Gasteiger partial charge in [-0.25, -0.2) is 0 Å². The summed E-state index contributed by atoms with van der Waals surface area (Å²) in [5, 5.41) is 25.4. The Morgan fingerprint density at radius 2 is 1.86 bits per heavy atom. The van der Waals surface area contributed by atoms with Crippen LogP contribution in [0.15, 0.2) is 29.1 Å². The molecule has 29 heavy (non-hydrogen) atoms. The summed E-state index contributed by atoms with van der Waals surface area (Å²) in [4.78, 5) is 26.6. The molecule has 0 saturated heterocycles. The molecule has 0 bridgehead atoms. The van der Waals surface area contributed by atoms with Crippen molar-refractivity contribution in [1.29, 1.82) is 0 Å². The normalized spacial score (nSPS) is 14.0. The minimum absolute atomic E-state index is 0.00440. The summed E-state index contributed by atoms with van der Waals surface area (Å²) >= 11 is 12.1. The fourth-order valence-electron chi connectivity index (χ4n) is 3.29. The molecule has 10 heteroatoms. The van der Waals surface area contributed by atoms with Gasteiger partial charge >= 0.3 is 0 Å². The Hall–Kier alpha value is -2.97. The SMILES string of the molecule is Nc1c(Cl)cc(-c2[nH]c3cc(NC4CCC4)c([N+](=O)[O-])cc3c(=O)c2O)cc1Cl. The zero-order chi connectivity index (χ0) is 20.9. The van der Waals surface area contributed by atoms with Crippen LogP contribution in [-0.2, 0) is 0 Å². The number of H-pyrrole nitrogens is 1. The first kappa shape index (κ1) is 19.4. The molecule has 8 nitrogen and oxygen atoms in total. The molecule has 0 radical (unpaired) electrons. The van der Waals surface area contributed by atoms with Crippen molar-refractivity contribution in [3.8, 4) is 17.0 Å². The van der Waals surface area contributed by atoms with Crippen LogP contribution in [-0.4, -0.2) is 21.1 Å². The third-order valence-electron chi connectivity index (χ3n) is 5.12. The number of aromatic amines is 1. The summed E-state index contributed by atoms with van der Waals surface area (Å²) in [5.74, 6) is -0.594. The first-order chi connectivity index (χ1) is 13.8. The third-order valence-corrected chi connectivity index (χ3v) is 5.75. The van der Waals surface area contributed by atoms with E-state index in [0.29, 0.717) is 16.8 Å². The highest BCUT2D eigenvalue weighted by Crippen LogP contribution is 2.37. The second-order valence-corrected chi connectivity index (χ2v) is 7.79. The Bertz CT molecular complexity index is 1200. The van der Waals surface area contributed by atoms with E-state index >= 15 is 0 Å². The molecule has 1 aliphatic rings. The molecule has 1 aromatic heterocycles. The van der Waals surface area contributed by atoms with Gasteiger partial charge in [-0.1, -0.05) is 23.2 Å². The molecule has 5 N–H and O–H groups in total. The lowest BCUT2D eigenvalue weighted by molar-refractivity contribution is -0.383. The number of benzene rings is 2. The molecule has 150 valence electrons. The van der Waals surface area contributed by atoms with Crippen molar-refractivity contribution in [2.24, 2.45) is 0 Å². The summed E-state index contributed by atoms with van der Waals surface area (Å²) < 4.78 is 0. The van der Waals surface area contributed by atoms with Crippen molar-refractivity contribution in [2.75, 3.05) is 11.1 Å². The zero-order valence-corrected chi connectivity index (χ0v) is 16.5. The number of nitrogens with one attached hydrogen (secondary N) is 2. The largest absolute Gasteiger partial charge is 0.503 e. The number of hydrogen-bond donors (Lipinski definition) is 4. The van der Waals surface area contributed by atoms with Gasteiger partial charge in [-0.15, -0.1) is 0 Å². The number of aromatic nitrogens is 1. The van der Waals surface area contributed by atoms with Gasteiger partial charge in [-0.3, -0.25) is 14.9 Å². The standard InChI is InChI=1S/C19H16Cl2N4O4/c20-11-4-8(5-12(21)16(11)22)17-19(27)18(26)10-6-15(25(28)29)14(7-13(10)24-17)23-9-2-1-3-9/h4-7,9,23,27H,1-3,22H2,(H,24,26). The van der Waals surface area contributed by atoms with Crippen LogP contribution in [0.5, 0.6) is 5.75 Å². The Morgan fingerprint density at radius 3 is 2.41 bits per heavy atom. The molecule has 0 spiro atoms. The lowest BCUT2D eigenvalue weighted by Gasteiger charge is -2.27. The molecule has 1 aliphatic carbocycles. The van der Waals surface area contributed by atoms with E-state index in [4.69, 9.17) is 28.9 Å². The van der Waals surface area contributed by atoms with Gasteiger partial charge in [-0.2, -0.15) is 0 Å². The first-order valence-corrected chi connectivity index (χ1v) is 9.60. The Morgan fingerprint density at radius 1 is 1.21 bits per heavy atom. The summed E-state index contributed by atoms with van der Waals surface area (Å²) in [6, 6.07) is 5.78. The van der Waals surface area contributed by atoms with Gasteiger partial charge < -0.3 is 21.1 Å². The van der Waals surface area contributed by atoms with Crippen LogP contribution in [0.1, 0.15) is 19.3 Å². The van der Waals surface area contributed by atoms with E-state index in [0.717, 1.165) is 19.3 Å². The van der Waals surface area contributed by atoms with E-state index in [1.807, 2.05) is 0 Å². The number of nitro groups is 1. The van der Waals surface area contributed by atoms with Gasteiger partial charge in [0.15, 0.2) is 5.75 Å². The number of nitrogen functional groups attached to an aromatic ring is 1. The van der Waals surface area contributed by atoms with Crippen LogP contribution in [0.3, 0.4) is 0 Å². The van der Waals surface area contributed by atoms with Gasteiger partial charge in [0.1, 0.15) is 5.69 Å². The van der Waals surface area contributed by atoms with E-state index in [2.05, 4.69) is 10.3 Å². The second kappa shape index (κ2) is 7.13. The van der Waals surface area contributed by atoms with Gasteiger partial charge in [-0.05, 0) is 37.5 Å². The molecule has 0 unspecified atom stereocenters. The number of aromatic hydroxyl groups is 1. The number of nitro benzene ring substituents is 1. The van der Waals surface area contributed by atoms with Gasteiger partial charge in [0, 0.05) is 17.7 Å². The second-order valence-electron chi connectivity index (χ2n) is 6.98. The van der Waals surface area contributed by atoms with Crippen molar-refractivity contribution < 1.29 is 10.0 Å². The van der Waals surface area contributed by atoms with Gasteiger partial charge in [0.05, 0.1) is 37.3 Å². The minimum atomic E-state index is -0.740. The average Bonchev–Trinajstić information content (AvgIpc) is 2.64. The maximum atomic E-state index is 12.7. The number of pyridine rings is 1. The highest BCUT2D eigenvalue weighted by Gasteiger charge is 2.24. The topological polar surface area (TPSA) is 134 Å². The number of nitrogens with zero attached hydrogens (tertiary/aromatic N) is 1. The molecule has 4 rings (SSSR count). The van der Waals surface area contributed by atoms with E-state index in [-0.39, 0.29) is 38.5 Å². The number of halogens is 2. The Labute approximate surface area is 174 Å². The molecule has 0 amide bonds. The zero-order valence-electron chi connectivity index (χ0n) is 15.0. The predicted octanol–water partition coefficient (Wildman–Crippen LogP) is 4.66. The number of anilines is 2. The molecule has 3 aromatic rings. The number of hydrogen-bond acceptors (Lipinski definition) is 6. The fraction of sp³-hybridized carbons (Fsp3) is 0.211. The summed E-state index contributed by atoms with van der Waals surface area (Å²) in [5.41, 5.74) is 6.06. The van der Waals surface area contributed by atoms with Crippen molar-refractivity contribution in [2.45, 2.75) is 25.3 Å². The van der Waals surface area contributed by atoms with E-state index < -0.39 is 16.1 Å². The fourth-order valence-corrected chi connectivity index (χ4v) is 3.78. The van der Waals surface area contributed by atoms with Crippen LogP contribution in [0.2, 0.25) is 10.0 Å². The molecular formula is C19H16Cl2N4O4. The van der Waals surface area contributed by atoms with Crippen molar-refractivity contribution in [3.05, 3.63) is 54.6 Å². The predicted molar refractivity (Wildman–Crippen MR) is 114 cm³/mol. The monoisotopic (exact) mass is 434 g/mol. The van der Waals surface area contributed by atoms with Crippen LogP contribution in [0.4, 0.5) is 17.1 Å². The number of fused-ring (bicyclic) bond motifs is 1. The lowest BCUT2D eigenvalue weighted by Crippen LogP contribution is -2.27. The third kappa shape index (κ3) is 3.34. The van der Waals surface area contributed by atoms with E-state index in [9.17, 15) is 20.0 Å². The van der Waals surface area contributed by atoms with E-state index in [1.165, 1.54) is 24.3 Å². The van der Waals surface area contributed by atoms with Gasteiger partial charge in [0.25, 0.3) is 5.69 Å². The van der Waals surface area contributed by atoms with Gasteiger partial charge in [0.2, 0.25) is 5.43 Å². The molecule has 0 atom stereocenters. The lowest BCUT2D eigenvalue weighted by atomic mass is 9.93. The highest BCUT2D eigenvalue weighted by molar-refractivity contribution is 6.39. The van der Waals surface area contributed by atoms with Crippen LogP contribution in [0.25, 0.3) is 22.2 Å². The molecule has 1 fully saturated rings. The Balaban J connectivity index is 1.94. The molecule has 2 aromatic carbocycles.